The first-order valence-electron chi connectivity index (χ1n) is 7.55. The number of anilines is 1. The van der Waals surface area contributed by atoms with Crippen LogP contribution in [-0.4, -0.2) is 64.3 Å². The van der Waals surface area contributed by atoms with Crippen molar-refractivity contribution in [3.05, 3.63) is 18.3 Å². The van der Waals surface area contributed by atoms with Crippen LogP contribution in [0.15, 0.2) is 18.3 Å². The molecule has 1 saturated heterocycles. The minimum Gasteiger partial charge on any atom is -0.478 e. The smallest absolute Gasteiger partial charge is 0.407 e. The maximum Gasteiger partial charge on any atom is 0.407 e. The molecule has 1 aliphatic rings. The standard InChI is InChI=1S/C15H24N4O3/c1-11-9-18(15(20)21)10-12(2)19(11)6-3-7-22-14-5-4-13(16)8-17-14/h4-5,8,11-12H,3,6-7,9-10,16H2,1-2H3,(H,20,21)/t11-,12?/m1/s1. The molecule has 3 N–H and O–H groups in total. The highest BCUT2D eigenvalue weighted by Crippen LogP contribution is 2.16. The second-order valence-electron chi connectivity index (χ2n) is 5.76. The lowest BCUT2D eigenvalue weighted by Crippen LogP contribution is -2.58. The van der Waals surface area contributed by atoms with Crippen LogP contribution in [0.1, 0.15) is 20.3 Å². The Morgan fingerprint density at radius 1 is 1.41 bits per heavy atom. The molecule has 0 saturated carbocycles. The van der Waals surface area contributed by atoms with Crippen molar-refractivity contribution in [2.24, 2.45) is 0 Å². The lowest BCUT2D eigenvalue weighted by atomic mass is 10.1. The average Bonchev–Trinajstić information content (AvgIpc) is 2.47. The number of pyridine rings is 1. The monoisotopic (exact) mass is 308 g/mol. The van der Waals surface area contributed by atoms with Crippen molar-refractivity contribution < 1.29 is 14.6 Å². The number of amides is 1. The molecule has 0 radical (unpaired) electrons. The van der Waals surface area contributed by atoms with Crippen LogP contribution in [0.4, 0.5) is 10.5 Å². The Labute approximate surface area is 130 Å². The van der Waals surface area contributed by atoms with E-state index in [9.17, 15) is 4.79 Å². The van der Waals surface area contributed by atoms with Gasteiger partial charge in [0.05, 0.1) is 18.5 Å². The normalized spacial score (nSPS) is 22.5. The Bertz CT molecular complexity index is 482. The molecule has 7 nitrogen and oxygen atoms in total. The summed E-state index contributed by atoms with van der Waals surface area (Å²) in [5.41, 5.74) is 6.19. The number of carbonyl (C=O) groups is 1. The van der Waals surface area contributed by atoms with Crippen molar-refractivity contribution in [1.29, 1.82) is 0 Å². The van der Waals surface area contributed by atoms with Gasteiger partial charge in [0, 0.05) is 37.8 Å². The summed E-state index contributed by atoms with van der Waals surface area (Å²) in [6, 6.07) is 3.95. The van der Waals surface area contributed by atoms with Gasteiger partial charge in [-0.15, -0.1) is 0 Å². The molecule has 22 heavy (non-hydrogen) atoms. The first-order chi connectivity index (χ1) is 10.5. The summed E-state index contributed by atoms with van der Waals surface area (Å²) in [5.74, 6) is 0.575. The van der Waals surface area contributed by atoms with Gasteiger partial charge < -0.3 is 20.5 Å². The number of hydrogen-bond acceptors (Lipinski definition) is 5. The fourth-order valence-electron chi connectivity index (χ4n) is 2.85. The molecule has 7 heteroatoms. The number of piperazine rings is 1. The molecule has 1 aromatic rings. The SMILES string of the molecule is CC1CN(C(=O)O)C[C@@H](C)N1CCCOc1ccc(N)cn1. The van der Waals surface area contributed by atoms with Crippen LogP contribution in [0.5, 0.6) is 5.88 Å². The third-order valence-corrected chi connectivity index (χ3v) is 3.94. The highest BCUT2D eigenvalue weighted by Gasteiger charge is 2.31. The van der Waals surface area contributed by atoms with Gasteiger partial charge in [0.1, 0.15) is 0 Å². The van der Waals surface area contributed by atoms with E-state index in [2.05, 4.69) is 23.7 Å². The number of ether oxygens (including phenoxy) is 1. The van der Waals surface area contributed by atoms with E-state index in [1.807, 2.05) is 0 Å². The van der Waals surface area contributed by atoms with E-state index < -0.39 is 6.09 Å². The average molecular weight is 308 g/mol. The number of nitrogen functional groups attached to an aromatic ring is 1. The summed E-state index contributed by atoms with van der Waals surface area (Å²) in [5, 5.41) is 9.09. The lowest BCUT2D eigenvalue weighted by molar-refractivity contribution is 0.0371. The molecule has 0 bridgehead atoms. The van der Waals surface area contributed by atoms with E-state index >= 15 is 0 Å². The fraction of sp³-hybridized carbons (Fsp3) is 0.600. The van der Waals surface area contributed by atoms with Crippen LogP contribution in [0, 0.1) is 0 Å². The van der Waals surface area contributed by atoms with Gasteiger partial charge >= 0.3 is 6.09 Å². The van der Waals surface area contributed by atoms with E-state index in [1.54, 1.807) is 18.3 Å². The van der Waals surface area contributed by atoms with E-state index in [0.29, 0.717) is 31.3 Å². The molecule has 0 aromatic carbocycles. The summed E-state index contributed by atoms with van der Waals surface area (Å²) in [6.07, 6.45) is 1.61. The Morgan fingerprint density at radius 2 is 2.09 bits per heavy atom. The molecule has 1 unspecified atom stereocenters. The molecule has 2 heterocycles. The number of nitrogens with zero attached hydrogens (tertiary/aromatic N) is 3. The molecular weight excluding hydrogens is 284 g/mol. The van der Waals surface area contributed by atoms with Gasteiger partial charge in [-0.25, -0.2) is 9.78 Å². The zero-order chi connectivity index (χ0) is 16.1. The van der Waals surface area contributed by atoms with Crippen molar-refractivity contribution >= 4 is 11.8 Å². The number of carboxylic acid groups (broad SMARTS) is 1. The van der Waals surface area contributed by atoms with Gasteiger partial charge in [0.2, 0.25) is 5.88 Å². The van der Waals surface area contributed by atoms with Crippen LogP contribution in [0.25, 0.3) is 0 Å². The molecule has 1 amide bonds. The Hall–Kier alpha value is -2.02. The van der Waals surface area contributed by atoms with E-state index in [-0.39, 0.29) is 12.1 Å². The number of hydrogen-bond donors (Lipinski definition) is 2. The third kappa shape index (κ3) is 4.24. The summed E-state index contributed by atoms with van der Waals surface area (Å²) < 4.78 is 5.58. The molecule has 122 valence electrons. The summed E-state index contributed by atoms with van der Waals surface area (Å²) in [6.45, 7) is 6.70. The molecule has 2 atom stereocenters. The molecule has 1 fully saturated rings. The zero-order valence-electron chi connectivity index (χ0n) is 13.1. The van der Waals surface area contributed by atoms with E-state index in [1.165, 1.54) is 4.90 Å². The largest absolute Gasteiger partial charge is 0.478 e. The lowest BCUT2D eigenvalue weighted by Gasteiger charge is -2.43. The first kappa shape index (κ1) is 16.4. The molecule has 1 aromatic heterocycles. The molecule has 0 aliphatic carbocycles. The van der Waals surface area contributed by atoms with Crippen LogP contribution in [0.3, 0.4) is 0 Å². The first-order valence-corrected chi connectivity index (χ1v) is 7.55. The van der Waals surface area contributed by atoms with E-state index in [0.717, 1.165) is 13.0 Å². The van der Waals surface area contributed by atoms with Crippen LogP contribution >= 0.6 is 0 Å². The van der Waals surface area contributed by atoms with Gasteiger partial charge in [-0.1, -0.05) is 0 Å². The number of nitrogens with two attached hydrogens (primary N) is 1. The van der Waals surface area contributed by atoms with Gasteiger partial charge in [0.15, 0.2) is 0 Å². The predicted octanol–water partition coefficient (Wildman–Crippen LogP) is 1.51. The summed E-state index contributed by atoms with van der Waals surface area (Å²) in [7, 11) is 0. The van der Waals surface area contributed by atoms with E-state index in [4.69, 9.17) is 15.6 Å². The Morgan fingerprint density at radius 3 is 2.64 bits per heavy atom. The topological polar surface area (TPSA) is 91.9 Å². The molecule has 1 aliphatic heterocycles. The molecule has 2 rings (SSSR count). The minimum atomic E-state index is -0.837. The van der Waals surface area contributed by atoms with Crippen molar-refractivity contribution in [2.75, 3.05) is 32.0 Å². The fourth-order valence-corrected chi connectivity index (χ4v) is 2.85. The maximum atomic E-state index is 11.1. The Balaban J connectivity index is 1.74. The van der Waals surface area contributed by atoms with Gasteiger partial charge in [-0.05, 0) is 26.3 Å². The highest BCUT2D eigenvalue weighted by atomic mass is 16.5. The maximum absolute atomic E-state index is 11.1. The molecular formula is C15H24N4O3. The van der Waals surface area contributed by atoms with Crippen LogP contribution < -0.4 is 10.5 Å². The molecule has 0 spiro atoms. The van der Waals surface area contributed by atoms with Crippen molar-refractivity contribution in [2.45, 2.75) is 32.4 Å². The van der Waals surface area contributed by atoms with Crippen molar-refractivity contribution in [1.82, 2.24) is 14.8 Å². The van der Waals surface area contributed by atoms with Gasteiger partial charge in [0.25, 0.3) is 0 Å². The predicted molar refractivity (Wildman–Crippen MR) is 84.0 cm³/mol. The highest BCUT2D eigenvalue weighted by molar-refractivity contribution is 5.65. The van der Waals surface area contributed by atoms with Crippen molar-refractivity contribution in [3.63, 3.8) is 0 Å². The van der Waals surface area contributed by atoms with Crippen molar-refractivity contribution in [3.8, 4) is 5.88 Å². The summed E-state index contributed by atoms with van der Waals surface area (Å²) in [4.78, 5) is 19.0. The number of rotatable bonds is 5. The zero-order valence-corrected chi connectivity index (χ0v) is 13.1. The van der Waals surface area contributed by atoms with Gasteiger partial charge in [-0.2, -0.15) is 0 Å². The third-order valence-electron chi connectivity index (χ3n) is 3.94. The second kappa shape index (κ2) is 7.31. The number of aromatic nitrogens is 1. The quantitative estimate of drug-likeness (QED) is 0.801. The van der Waals surface area contributed by atoms with Gasteiger partial charge in [-0.3, -0.25) is 4.90 Å². The van der Waals surface area contributed by atoms with Crippen LogP contribution in [-0.2, 0) is 0 Å². The summed E-state index contributed by atoms with van der Waals surface area (Å²) >= 11 is 0. The second-order valence-corrected chi connectivity index (χ2v) is 5.76. The minimum absolute atomic E-state index is 0.217. The Kier molecular flexibility index (Phi) is 5.43. The van der Waals surface area contributed by atoms with Crippen LogP contribution in [0.2, 0.25) is 0 Å².